The van der Waals surface area contributed by atoms with Gasteiger partial charge in [0.2, 0.25) is 11.8 Å². The topological polar surface area (TPSA) is 67.7 Å². The molecule has 2 aromatic carbocycles. The van der Waals surface area contributed by atoms with Crippen molar-refractivity contribution >= 4 is 22.8 Å². The molecule has 1 aliphatic rings. The van der Waals surface area contributed by atoms with E-state index in [1.807, 2.05) is 62.9 Å². The van der Waals surface area contributed by atoms with Gasteiger partial charge >= 0.3 is 0 Å². The van der Waals surface area contributed by atoms with E-state index in [1.165, 1.54) is 0 Å². The molecule has 0 saturated carbocycles. The quantitative estimate of drug-likeness (QED) is 0.453. The number of methoxy groups -OCH3 is 1. The number of fused-ring (bicyclic) bond motifs is 1. The van der Waals surface area contributed by atoms with Gasteiger partial charge in [-0.1, -0.05) is 38.1 Å². The molecule has 0 bridgehead atoms. The van der Waals surface area contributed by atoms with Crippen LogP contribution in [0, 0.1) is 0 Å². The number of amides is 2. The molecule has 1 aromatic heterocycles. The number of nitrogens with zero attached hydrogens (tertiary/aromatic N) is 4. The van der Waals surface area contributed by atoms with Crippen molar-refractivity contribution in [1.29, 1.82) is 0 Å². The van der Waals surface area contributed by atoms with Crippen molar-refractivity contribution in [2.75, 3.05) is 26.7 Å². The Hall–Kier alpha value is -3.35. The van der Waals surface area contributed by atoms with E-state index in [2.05, 4.69) is 13.8 Å². The van der Waals surface area contributed by atoms with Crippen LogP contribution in [-0.2, 0) is 22.7 Å². The molecule has 1 unspecified atom stereocenters. The zero-order chi connectivity index (χ0) is 24.1. The molecule has 0 spiro atoms. The third-order valence-corrected chi connectivity index (χ3v) is 6.43. The number of hydrogen-bond acceptors (Lipinski definition) is 4. The number of imidazole rings is 1. The fourth-order valence-corrected chi connectivity index (χ4v) is 4.76. The van der Waals surface area contributed by atoms with E-state index in [0.717, 1.165) is 54.1 Å². The van der Waals surface area contributed by atoms with E-state index >= 15 is 0 Å². The Kier molecular flexibility index (Phi) is 7.50. The van der Waals surface area contributed by atoms with Gasteiger partial charge in [0.25, 0.3) is 0 Å². The molecule has 7 heteroatoms. The predicted molar refractivity (Wildman–Crippen MR) is 133 cm³/mol. The van der Waals surface area contributed by atoms with Gasteiger partial charge in [-0.25, -0.2) is 4.98 Å². The van der Waals surface area contributed by atoms with E-state index in [9.17, 15) is 9.59 Å². The normalized spacial score (nSPS) is 15.8. The summed E-state index contributed by atoms with van der Waals surface area (Å²) in [5.41, 5.74) is 2.87. The van der Waals surface area contributed by atoms with E-state index in [-0.39, 0.29) is 24.3 Å². The summed E-state index contributed by atoms with van der Waals surface area (Å²) in [5.74, 6) is 1.80. The molecule has 2 amide bonds. The Balaban J connectivity index is 1.57. The number of para-hydroxylation sites is 2. The molecular weight excluding hydrogens is 428 g/mol. The molecule has 3 aromatic rings. The van der Waals surface area contributed by atoms with Crippen molar-refractivity contribution in [2.45, 2.75) is 52.1 Å². The highest BCUT2D eigenvalue weighted by Crippen LogP contribution is 2.31. The van der Waals surface area contributed by atoms with Crippen LogP contribution in [0.3, 0.4) is 0 Å². The van der Waals surface area contributed by atoms with Crippen molar-refractivity contribution in [3.63, 3.8) is 0 Å². The predicted octanol–water partition coefficient (Wildman–Crippen LogP) is 4.21. The van der Waals surface area contributed by atoms with Crippen LogP contribution in [0.25, 0.3) is 11.0 Å². The van der Waals surface area contributed by atoms with Crippen molar-refractivity contribution in [3.8, 4) is 5.75 Å². The van der Waals surface area contributed by atoms with Crippen LogP contribution in [-0.4, -0.2) is 57.9 Å². The first-order valence-corrected chi connectivity index (χ1v) is 12.2. The van der Waals surface area contributed by atoms with Crippen LogP contribution < -0.4 is 4.74 Å². The standard InChI is InChI=1S/C27H34N4O3/c1-4-14-29(15-5-2)26(33)19-31-24-9-7-6-8-23(24)28-27(31)21-16-25(32)30(18-21)17-20-10-12-22(34-3)13-11-20/h6-13,21H,4-5,14-19H2,1-3H3. The molecule has 4 rings (SSSR count). The molecule has 7 nitrogen and oxygen atoms in total. The summed E-state index contributed by atoms with van der Waals surface area (Å²) >= 11 is 0. The Labute approximate surface area is 201 Å². The van der Waals surface area contributed by atoms with Crippen LogP contribution in [0.2, 0.25) is 0 Å². The minimum atomic E-state index is -0.0447. The number of aromatic nitrogens is 2. The molecule has 0 radical (unpaired) electrons. The summed E-state index contributed by atoms with van der Waals surface area (Å²) in [6.07, 6.45) is 2.27. The van der Waals surface area contributed by atoms with E-state index in [0.29, 0.717) is 19.5 Å². The van der Waals surface area contributed by atoms with Crippen LogP contribution in [0.15, 0.2) is 48.5 Å². The van der Waals surface area contributed by atoms with Gasteiger partial charge in [0.15, 0.2) is 0 Å². The zero-order valence-corrected chi connectivity index (χ0v) is 20.4. The molecule has 2 heterocycles. The van der Waals surface area contributed by atoms with Crippen LogP contribution in [0.5, 0.6) is 5.75 Å². The Morgan fingerprint density at radius 3 is 2.47 bits per heavy atom. The highest BCUT2D eigenvalue weighted by atomic mass is 16.5. The van der Waals surface area contributed by atoms with Crippen LogP contribution in [0.1, 0.15) is 50.4 Å². The number of carbonyl (C=O) groups excluding carboxylic acids is 2. The number of rotatable bonds is 10. The maximum atomic E-state index is 13.2. The van der Waals surface area contributed by atoms with Gasteiger partial charge in [0.1, 0.15) is 18.1 Å². The van der Waals surface area contributed by atoms with Crippen molar-refractivity contribution in [1.82, 2.24) is 19.4 Å². The fraction of sp³-hybridized carbons (Fsp3) is 0.444. The number of carbonyl (C=O) groups is 2. The molecule has 0 N–H and O–H groups in total. The first kappa shape index (κ1) is 23.8. The van der Waals surface area contributed by atoms with Gasteiger partial charge in [0.05, 0.1) is 18.1 Å². The largest absolute Gasteiger partial charge is 0.497 e. The van der Waals surface area contributed by atoms with E-state index < -0.39 is 0 Å². The van der Waals surface area contributed by atoms with Crippen molar-refractivity contribution < 1.29 is 14.3 Å². The first-order valence-electron chi connectivity index (χ1n) is 12.2. The van der Waals surface area contributed by atoms with Crippen molar-refractivity contribution in [3.05, 3.63) is 59.9 Å². The van der Waals surface area contributed by atoms with Gasteiger partial charge in [-0.2, -0.15) is 0 Å². The summed E-state index contributed by atoms with van der Waals surface area (Å²) in [4.78, 5) is 34.8. The van der Waals surface area contributed by atoms with Gasteiger partial charge in [0, 0.05) is 38.5 Å². The lowest BCUT2D eigenvalue weighted by Gasteiger charge is -2.23. The molecule has 34 heavy (non-hydrogen) atoms. The van der Waals surface area contributed by atoms with Gasteiger partial charge < -0.3 is 19.1 Å². The Morgan fingerprint density at radius 1 is 1.09 bits per heavy atom. The SMILES string of the molecule is CCCN(CCC)C(=O)Cn1c(C2CC(=O)N(Cc3ccc(OC)cc3)C2)nc2ccccc21. The maximum Gasteiger partial charge on any atom is 0.242 e. The monoisotopic (exact) mass is 462 g/mol. The van der Waals surface area contributed by atoms with Gasteiger partial charge in [-0.15, -0.1) is 0 Å². The first-order chi connectivity index (χ1) is 16.5. The summed E-state index contributed by atoms with van der Waals surface area (Å²) in [7, 11) is 1.64. The summed E-state index contributed by atoms with van der Waals surface area (Å²) in [6.45, 7) is 7.09. The minimum Gasteiger partial charge on any atom is -0.497 e. The average molecular weight is 463 g/mol. The lowest BCUT2D eigenvalue weighted by atomic mass is 10.1. The second-order valence-corrected chi connectivity index (χ2v) is 8.95. The van der Waals surface area contributed by atoms with Gasteiger partial charge in [-0.3, -0.25) is 9.59 Å². The fourth-order valence-electron chi connectivity index (χ4n) is 4.76. The van der Waals surface area contributed by atoms with Crippen LogP contribution >= 0.6 is 0 Å². The lowest BCUT2D eigenvalue weighted by Crippen LogP contribution is -2.35. The van der Waals surface area contributed by atoms with Crippen LogP contribution in [0.4, 0.5) is 0 Å². The van der Waals surface area contributed by atoms with E-state index in [4.69, 9.17) is 9.72 Å². The minimum absolute atomic E-state index is 0.0447. The highest BCUT2D eigenvalue weighted by molar-refractivity contribution is 5.83. The lowest BCUT2D eigenvalue weighted by molar-refractivity contribution is -0.132. The molecule has 1 aliphatic heterocycles. The van der Waals surface area contributed by atoms with E-state index in [1.54, 1.807) is 7.11 Å². The summed E-state index contributed by atoms with van der Waals surface area (Å²) < 4.78 is 7.27. The molecule has 1 saturated heterocycles. The third-order valence-electron chi connectivity index (χ3n) is 6.43. The third kappa shape index (κ3) is 5.08. The number of ether oxygens (including phenoxy) is 1. The number of benzene rings is 2. The Bertz CT molecular complexity index is 1130. The summed E-state index contributed by atoms with van der Waals surface area (Å²) in [5, 5.41) is 0. The zero-order valence-electron chi connectivity index (χ0n) is 20.4. The second-order valence-electron chi connectivity index (χ2n) is 8.95. The number of hydrogen-bond donors (Lipinski definition) is 0. The van der Waals surface area contributed by atoms with Crippen molar-refractivity contribution in [2.24, 2.45) is 0 Å². The number of likely N-dealkylation sites (tertiary alicyclic amines) is 1. The molecule has 1 fully saturated rings. The van der Waals surface area contributed by atoms with Gasteiger partial charge in [-0.05, 0) is 42.7 Å². The second kappa shape index (κ2) is 10.7. The maximum absolute atomic E-state index is 13.2. The smallest absolute Gasteiger partial charge is 0.242 e. The molecule has 0 aliphatic carbocycles. The summed E-state index contributed by atoms with van der Waals surface area (Å²) in [6, 6.07) is 15.7. The molecule has 180 valence electrons. The highest BCUT2D eigenvalue weighted by Gasteiger charge is 2.34. The molecule has 1 atom stereocenters. The Morgan fingerprint density at radius 2 is 1.79 bits per heavy atom. The average Bonchev–Trinajstić information content (AvgIpc) is 3.39. The molecular formula is C27H34N4O3.